The summed E-state index contributed by atoms with van der Waals surface area (Å²) < 4.78 is 11.6. The molecule has 3 N–H and O–H groups in total. The van der Waals surface area contributed by atoms with Crippen molar-refractivity contribution in [3.05, 3.63) is 40.6 Å². The predicted octanol–water partition coefficient (Wildman–Crippen LogP) is 3.84. The Balaban J connectivity index is 1.24. The molecule has 4 aliphatic rings. The lowest BCUT2D eigenvalue weighted by Gasteiger charge is -2.34. The van der Waals surface area contributed by atoms with Gasteiger partial charge in [-0.05, 0) is 62.1 Å². The van der Waals surface area contributed by atoms with Gasteiger partial charge in [0.2, 0.25) is 0 Å². The molecule has 1 saturated carbocycles. The van der Waals surface area contributed by atoms with Gasteiger partial charge in [0.1, 0.15) is 0 Å². The van der Waals surface area contributed by atoms with E-state index in [1.54, 1.807) is 6.07 Å². The van der Waals surface area contributed by atoms with E-state index in [2.05, 4.69) is 31.0 Å². The summed E-state index contributed by atoms with van der Waals surface area (Å²) in [5.41, 5.74) is 8.92. The highest BCUT2D eigenvalue weighted by molar-refractivity contribution is 6.07. The van der Waals surface area contributed by atoms with Crippen LogP contribution in [0.25, 0.3) is 0 Å². The minimum Gasteiger partial charge on any atom is -0.382 e. The highest BCUT2D eigenvalue weighted by Gasteiger charge is 2.45. The van der Waals surface area contributed by atoms with Gasteiger partial charge in [-0.3, -0.25) is 19.5 Å². The number of carbonyl (C=O) groups is 2. The van der Waals surface area contributed by atoms with Crippen LogP contribution in [0.5, 0.6) is 0 Å². The number of allylic oxidation sites excluding steroid dienone is 2. The number of morpholine rings is 1. The maximum absolute atomic E-state index is 13.2. The number of hydrogen-bond acceptors (Lipinski definition) is 7. The number of Topliss-reactive ketones (excluding diaryl/α,β-unsaturated/α-hetero) is 1. The molecule has 8 heteroatoms. The van der Waals surface area contributed by atoms with E-state index in [4.69, 9.17) is 20.2 Å². The van der Waals surface area contributed by atoms with Crippen LogP contribution in [0.4, 0.5) is 5.69 Å². The predicted molar refractivity (Wildman–Crippen MR) is 149 cm³/mol. The zero-order chi connectivity index (χ0) is 26.9. The van der Waals surface area contributed by atoms with E-state index >= 15 is 0 Å². The standard InChI is InChI=1S/C30H42N4O4/c1-29(2)17-25-27(26(35)18-29)30(3,19-32-25)20-4-9-23(28(31)36)24(16-20)33-21-5-7-22(8-6-21)38-15-12-34-10-13-37-14-11-34/h4,9,16,19,21-22,33H,5-8,10-15,17-18H2,1-3H3,(H2,31,36). The number of carbonyl (C=O) groups excluding carboxylic acids is 2. The van der Waals surface area contributed by atoms with Gasteiger partial charge in [-0.1, -0.05) is 19.9 Å². The molecule has 5 rings (SSSR count). The molecule has 2 fully saturated rings. The number of anilines is 1. The van der Waals surface area contributed by atoms with E-state index in [0.717, 1.165) is 94.1 Å². The Morgan fingerprint density at radius 2 is 1.89 bits per heavy atom. The van der Waals surface area contributed by atoms with Crippen molar-refractivity contribution in [1.29, 1.82) is 0 Å². The van der Waals surface area contributed by atoms with Crippen LogP contribution in [0, 0.1) is 5.41 Å². The molecular weight excluding hydrogens is 480 g/mol. The smallest absolute Gasteiger partial charge is 0.250 e. The zero-order valence-electron chi connectivity index (χ0n) is 23.1. The average molecular weight is 523 g/mol. The summed E-state index contributed by atoms with van der Waals surface area (Å²) in [6.07, 6.45) is 7.39. The maximum atomic E-state index is 13.2. The molecule has 1 aromatic carbocycles. The van der Waals surface area contributed by atoms with Crippen molar-refractivity contribution in [3.63, 3.8) is 0 Å². The van der Waals surface area contributed by atoms with Crippen LogP contribution in [-0.4, -0.2) is 74.4 Å². The fourth-order valence-corrected chi connectivity index (χ4v) is 6.45. The summed E-state index contributed by atoms with van der Waals surface area (Å²) in [5, 5.41) is 3.61. The Morgan fingerprint density at radius 1 is 1.16 bits per heavy atom. The Morgan fingerprint density at radius 3 is 2.61 bits per heavy atom. The number of nitrogens with zero attached hydrogens (tertiary/aromatic N) is 2. The lowest BCUT2D eigenvalue weighted by atomic mass is 9.68. The number of hydrogen-bond donors (Lipinski definition) is 2. The third-order valence-corrected chi connectivity index (χ3v) is 8.63. The van der Waals surface area contributed by atoms with Crippen molar-refractivity contribution in [2.24, 2.45) is 16.1 Å². The van der Waals surface area contributed by atoms with Crippen molar-refractivity contribution in [2.75, 3.05) is 44.8 Å². The van der Waals surface area contributed by atoms with Crippen LogP contribution < -0.4 is 11.1 Å². The van der Waals surface area contributed by atoms with Crippen molar-refractivity contribution in [1.82, 2.24) is 4.90 Å². The molecule has 8 nitrogen and oxygen atoms in total. The first-order valence-corrected chi connectivity index (χ1v) is 14.1. The first-order chi connectivity index (χ1) is 18.1. The van der Waals surface area contributed by atoms with Gasteiger partial charge in [-0.2, -0.15) is 0 Å². The highest BCUT2D eigenvalue weighted by atomic mass is 16.5. The summed E-state index contributed by atoms with van der Waals surface area (Å²) in [6.45, 7) is 11.6. The summed E-state index contributed by atoms with van der Waals surface area (Å²) in [7, 11) is 0. The fraction of sp³-hybridized carbons (Fsp3) is 0.633. The molecule has 0 aromatic heterocycles. The van der Waals surface area contributed by atoms with Gasteiger partial charge in [0, 0.05) is 55.3 Å². The SMILES string of the molecule is CC1(C)CC(=O)C2=C(C1)N=CC2(C)c1ccc(C(N)=O)c(NC2CCC(OCCN3CCOCC3)CC2)c1. The molecule has 1 aromatic rings. The van der Waals surface area contributed by atoms with Crippen molar-refractivity contribution >= 4 is 23.6 Å². The van der Waals surface area contributed by atoms with Gasteiger partial charge < -0.3 is 20.5 Å². The molecule has 2 heterocycles. The van der Waals surface area contributed by atoms with Gasteiger partial charge >= 0.3 is 0 Å². The second-order valence-electron chi connectivity index (χ2n) is 12.3. The monoisotopic (exact) mass is 522 g/mol. The Labute approximate surface area is 226 Å². The van der Waals surface area contributed by atoms with E-state index in [1.165, 1.54) is 0 Å². The molecule has 2 aliphatic heterocycles. The number of primary amides is 1. The number of nitrogens with two attached hydrogens (primary N) is 1. The lowest BCUT2D eigenvalue weighted by molar-refractivity contribution is -0.118. The normalized spacial score (nSPS) is 29.4. The van der Waals surface area contributed by atoms with Gasteiger partial charge in [0.15, 0.2) is 5.78 Å². The van der Waals surface area contributed by atoms with Crippen LogP contribution in [0.3, 0.4) is 0 Å². The zero-order valence-corrected chi connectivity index (χ0v) is 23.1. The van der Waals surface area contributed by atoms with Crippen molar-refractivity contribution in [3.8, 4) is 0 Å². The minimum absolute atomic E-state index is 0.0773. The summed E-state index contributed by atoms with van der Waals surface area (Å²) in [4.78, 5) is 32.6. The van der Waals surface area contributed by atoms with Crippen LogP contribution in [0.1, 0.15) is 75.2 Å². The molecule has 0 bridgehead atoms. The van der Waals surface area contributed by atoms with Gasteiger partial charge in [-0.25, -0.2) is 0 Å². The minimum atomic E-state index is -0.610. The van der Waals surface area contributed by atoms with Crippen molar-refractivity contribution < 1.29 is 19.1 Å². The summed E-state index contributed by atoms with van der Waals surface area (Å²) >= 11 is 0. The third-order valence-electron chi connectivity index (χ3n) is 8.63. The molecular formula is C30H42N4O4. The van der Waals surface area contributed by atoms with E-state index in [1.807, 2.05) is 18.3 Å². The molecule has 1 amide bonds. The Kier molecular flexibility index (Phi) is 7.76. The fourth-order valence-electron chi connectivity index (χ4n) is 6.45. The number of benzene rings is 1. The summed E-state index contributed by atoms with van der Waals surface area (Å²) in [5.74, 6) is -0.295. The van der Waals surface area contributed by atoms with E-state index < -0.39 is 11.3 Å². The van der Waals surface area contributed by atoms with Gasteiger partial charge in [0.05, 0.1) is 36.9 Å². The van der Waals surface area contributed by atoms with E-state index in [-0.39, 0.29) is 23.3 Å². The quantitative estimate of drug-likeness (QED) is 0.537. The first kappa shape index (κ1) is 27.0. The number of rotatable bonds is 8. The molecule has 0 radical (unpaired) electrons. The highest BCUT2D eigenvalue weighted by Crippen LogP contribution is 2.47. The third kappa shape index (κ3) is 5.72. The van der Waals surface area contributed by atoms with Crippen LogP contribution in [0.2, 0.25) is 0 Å². The number of nitrogens with one attached hydrogen (secondary N) is 1. The second-order valence-corrected chi connectivity index (χ2v) is 12.3. The second kappa shape index (κ2) is 10.9. The Bertz CT molecular complexity index is 1130. The molecule has 38 heavy (non-hydrogen) atoms. The molecule has 1 unspecified atom stereocenters. The van der Waals surface area contributed by atoms with Crippen LogP contribution >= 0.6 is 0 Å². The topological polar surface area (TPSA) is 106 Å². The molecule has 2 aliphatic carbocycles. The largest absolute Gasteiger partial charge is 0.382 e. The number of aliphatic imine (C=N–C) groups is 1. The molecule has 0 spiro atoms. The van der Waals surface area contributed by atoms with Gasteiger partial charge in [-0.15, -0.1) is 0 Å². The lowest BCUT2D eigenvalue weighted by Crippen LogP contribution is -2.39. The average Bonchev–Trinajstić information content (AvgIpc) is 3.22. The number of ketones is 1. The Hall–Kier alpha value is -2.55. The van der Waals surface area contributed by atoms with E-state index in [0.29, 0.717) is 12.0 Å². The molecule has 1 saturated heterocycles. The van der Waals surface area contributed by atoms with Gasteiger partial charge in [0.25, 0.3) is 5.91 Å². The number of ether oxygens (including phenoxy) is 2. The van der Waals surface area contributed by atoms with Crippen LogP contribution in [0.15, 0.2) is 34.5 Å². The number of amides is 1. The van der Waals surface area contributed by atoms with Crippen molar-refractivity contribution in [2.45, 2.75) is 76.9 Å². The molecule has 1 atom stereocenters. The first-order valence-electron chi connectivity index (χ1n) is 14.1. The van der Waals surface area contributed by atoms with E-state index in [9.17, 15) is 9.59 Å². The maximum Gasteiger partial charge on any atom is 0.250 e. The van der Waals surface area contributed by atoms with Crippen LogP contribution in [-0.2, 0) is 19.7 Å². The molecule has 206 valence electrons. The summed E-state index contributed by atoms with van der Waals surface area (Å²) in [6, 6.07) is 5.94.